The lowest BCUT2D eigenvalue weighted by molar-refractivity contribution is -0.126. The Bertz CT molecular complexity index is 600. The van der Waals surface area contributed by atoms with Gasteiger partial charge in [-0.3, -0.25) is 9.59 Å². The quantitative estimate of drug-likeness (QED) is 0.730. The van der Waals surface area contributed by atoms with Crippen LogP contribution in [0.1, 0.15) is 30.6 Å². The van der Waals surface area contributed by atoms with E-state index in [1.807, 2.05) is 0 Å². The van der Waals surface area contributed by atoms with E-state index in [0.29, 0.717) is 29.8 Å². The molecule has 0 spiro atoms. The number of pyridine rings is 1. The van der Waals surface area contributed by atoms with Crippen molar-refractivity contribution < 1.29 is 9.59 Å². The third-order valence-electron chi connectivity index (χ3n) is 4.49. The lowest BCUT2D eigenvalue weighted by atomic mass is 10.1. The molecule has 0 aliphatic carbocycles. The van der Waals surface area contributed by atoms with Crippen molar-refractivity contribution in [2.75, 3.05) is 52.1 Å². The number of nitrogens with one attached hydrogen (secondary N) is 2. The predicted octanol–water partition coefficient (Wildman–Crippen LogP) is 1.29. The lowest BCUT2D eigenvalue weighted by Crippen LogP contribution is -2.32. The van der Waals surface area contributed by atoms with Crippen LogP contribution in [0.15, 0.2) is 18.3 Å². The molecule has 1 aliphatic heterocycles. The number of nitrogens with zero attached hydrogens (tertiary/aromatic N) is 3. The Morgan fingerprint density at radius 1 is 1.35 bits per heavy atom. The third kappa shape index (κ3) is 6.29. The molecule has 1 fully saturated rings. The van der Waals surface area contributed by atoms with Crippen LogP contribution in [0.3, 0.4) is 0 Å². The maximum absolute atomic E-state index is 12.3. The second-order valence-corrected chi connectivity index (χ2v) is 7.59. The Morgan fingerprint density at radius 3 is 2.73 bits per heavy atom. The Morgan fingerprint density at radius 2 is 2.12 bits per heavy atom. The van der Waals surface area contributed by atoms with Gasteiger partial charge < -0.3 is 20.4 Å². The Hall–Kier alpha value is -2.15. The molecule has 2 N–H and O–H groups in total. The standard InChI is InChI=1S/C19H31N5O2/c1-14(2)12-24-8-7-15(13-24)9-22-19(26)16-5-6-17(20-10-16)21-11-18(25)23(3)4/h5-6,10,14-15H,7-9,11-13H2,1-4H3,(H,20,21)(H,22,26)/t15-/m0/s1. The first-order chi connectivity index (χ1) is 12.3. The Kier molecular flexibility index (Phi) is 7.38. The largest absolute Gasteiger partial charge is 0.361 e. The van der Waals surface area contributed by atoms with E-state index in [0.717, 1.165) is 26.1 Å². The van der Waals surface area contributed by atoms with Crippen molar-refractivity contribution in [1.82, 2.24) is 20.1 Å². The zero-order valence-corrected chi connectivity index (χ0v) is 16.3. The second kappa shape index (κ2) is 9.52. The van der Waals surface area contributed by atoms with Gasteiger partial charge in [0.2, 0.25) is 5.91 Å². The summed E-state index contributed by atoms with van der Waals surface area (Å²) in [6.45, 7) is 8.64. The minimum atomic E-state index is -0.101. The van der Waals surface area contributed by atoms with Crippen molar-refractivity contribution in [3.05, 3.63) is 23.9 Å². The second-order valence-electron chi connectivity index (χ2n) is 7.59. The molecule has 2 amide bonds. The van der Waals surface area contributed by atoms with Crippen molar-refractivity contribution in [3.8, 4) is 0 Å². The van der Waals surface area contributed by atoms with Crippen LogP contribution in [-0.4, -0.2) is 73.4 Å². The van der Waals surface area contributed by atoms with Crippen molar-refractivity contribution in [1.29, 1.82) is 0 Å². The number of carbonyl (C=O) groups excluding carboxylic acids is 2. The van der Waals surface area contributed by atoms with E-state index in [9.17, 15) is 9.59 Å². The fourth-order valence-corrected chi connectivity index (χ4v) is 3.06. The van der Waals surface area contributed by atoms with Gasteiger partial charge in [0.15, 0.2) is 0 Å². The monoisotopic (exact) mass is 361 g/mol. The van der Waals surface area contributed by atoms with E-state index in [1.54, 1.807) is 26.2 Å². The fourth-order valence-electron chi connectivity index (χ4n) is 3.06. The van der Waals surface area contributed by atoms with E-state index >= 15 is 0 Å². The van der Waals surface area contributed by atoms with E-state index in [4.69, 9.17) is 0 Å². The van der Waals surface area contributed by atoms with Crippen molar-refractivity contribution in [2.45, 2.75) is 20.3 Å². The van der Waals surface area contributed by atoms with Crippen LogP contribution >= 0.6 is 0 Å². The summed E-state index contributed by atoms with van der Waals surface area (Å²) >= 11 is 0. The summed E-state index contributed by atoms with van der Waals surface area (Å²) in [6, 6.07) is 3.45. The molecule has 7 nitrogen and oxygen atoms in total. The summed E-state index contributed by atoms with van der Waals surface area (Å²) in [7, 11) is 3.41. The van der Waals surface area contributed by atoms with E-state index in [-0.39, 0.29) is 18.4 Å². The van der Waals surface area contributed by atoms with Gasteiger partial charge in [-0.15, -0.1) is 0 Å². The molecular weight excluding hydrogens is 330 g/mol. The van der Waals surface area contributed by atoms with Crippen LogP contribution in [0.5, 0.6) is 0 Å². The zero-order valence-electron chi connectivity index (χ0n) is 16.3. The van der Waals surface area contributed by atoms with Gasteiger partial charge in [-0.05, 0) is 36.9 Å². The van der Waals surface area contributed by atoms with E-state index < -0.39 is 0 Å². The lowest BCUT2D eigenvalue weighted by Gasteiger charge is -2.18. The molecule has 0 unspecified atom stereocenters. The van der Waals surface area contributed by atoms with Crippen LogP contribution in [0, 0.1) is 11.8 Å². The highest BCUT2D eigenvalue weighted by Gasteiger charge is 2.23. The summed E-state index contributed by atoms with van der Waals surface area (Å²) in [5, 5.41) is 5.96. The zero-order chi connectivity index (χ0) is 19.1. The van der Waals surface area contributed by atoms with Crippen molar-refractivity contribution >= 4 is 17.6 Å². The maximum atomic E-state index is 12.3. The smallest absolute Gasteiger partial charge is 0.252 e. The summed E-state index contributed by atoms with van der Waals surface area (Å²) < 4.78 is 0. The normalized spacial score (nSPS) is 17.3. The minimum Gasteiger partial charge on any atom is -0.361 e. The average molecular weight is 361 g/mol. The maximum Gasteiger partial charge on any atom is 0.252 e. The molecule has 1 aromatic heterocycles. The number of amides is 2. The molecule has 1 saturated heterocycles. The molecule has 0 aromatic carbocycles. The van der Waals surface area contributed by atoms with Crippen LogP contribution in [0.25, 0.3) is 0 Å². The molecule has 1 aliphatic rings. The van der Waals surface area contributed by atoms with Crippen LogP contribution in [-0.2, 0) is 4.79 Å². The van der Waals surface area contributed by atoms with Gasteiger partial charge in [-0.2, -0.15) is 0 Å². The molecule has 0 radical (unpaired) electrons. The number of likely N-dealkylation sites (tertiary alicyclic amines) is 1. The number of rotatable bonds is 8. The van der Waals surface area contributed by atoms with Crippen molar-refractivity contribution in [2.24, 2.45) is 11.8 Å². The minimum absolute atomic E-state index is 0.0308. The van der Waals surface area contributed by atoms with Gasteiger partial charge in [-0.25, -0.2) is 4.98 Å². The highest BCUT2D eigenvalue weighted by Crippen LogP contribution is 2.16. The van der Waals surface area contributed by atoms with Crippen LogP contribution in [0.4, 0.5) is 5.82 Å². The summed E-state index contributed by atoms with van der Waals surface area (Å²) in [6.07, 6.45) is 2.67. The molecule has 144 valence electrons. The molecule has 1 atom stereocenters. The number of carbonyl (C=O) groups is 2. The Balaban J connectivity index is 1.75. The van der Waals surface area contributed by atoms with Gasteiger partial charge in [0.25, 0.3) is 5.91 Å². The number of hydrogen-bond acceptors (Lipinski definition) is 5. The van der Waals surface area contributed by atoms with Gasteiger partial charge in [-0.1, -0.05) is 13.8 Å². The Labute approximate surface area is 156 Å². The third-order valence-corrected chi connectivity index (χ3v) is 4.49. The highest BCUT2D eigenvalue weighted by molar-refractivity contribution is 5.94. The molecule has 2 rings (SSSR count). The average Bonchev–Trinajstić information content (AvgIpc) is 3.04. The first kappa shape index (κ1) is 20.2. The molecule has 1 aromatic rings. The van der Waals surface area contributed by atoms with Gasteiger partial charge in [0.05, 0.1) is 12.1 Å². The predicted molar refractivity (Wildman–Crippen MR) is 103 cm³/mol. The number of hydrogen-bond donors (Lipinski definition) is 2. The van der Waals surface area contributed by atoms with Gasteiger partial charge in [0, 0.05) is 39.9 Å². The van der Waals surface area contributed by atoms with Gasteiger partial charge >= 0.3 is 0 Å². The summed E-state index contributed by atoms with van der Waals surface area (Å²) in [4.78, 5) is 32.0. The first-order valence-electron chi connectivity index (χ1n) is 9.25. The summed E-state index contributed by atoms with van der Waals surface area (Å²) in [5.41, 5.74) is 0.534. The fraction of sp³-hybridized carbons (Fsp3) is 0.632. The molecular formula is C19H31N5O2. The molecule has 2 heterocycles. The molecule has 0 saturated carbocycles. The van der Waals surface area contributed by atoms with E-state index in [1.165, 1.54) is 11.1 Å². The van der Waals surface area contributed by atoms with Crippen LogP contribution < -0.4 is 10.6 Å². The van der Waals surface area contributed by atoms with Crippen LogP contribution in [0.2, 0.25) is 0 Å². The molecule has 0 bridgehead atoms. The molecule has 7 heteroatoms. The number of aromatic nitrogens is 1. The topological polar surface area (TPSA) is 77.6 Å². The van der Waals surface area contributed by atoms with Crippen molar-refractivity contribution in [3.63, 3.8) is 0 Å². The number of anilines is 1. The summed E-state index contributed by atoms with van der Waals surface area (Å²) in [5.74, 6) is 1.64. The molecule has 26 heavy (non-hydrogen) atoms. The first-order valence-corrected chi connectivity index (χ1v) is 9.25. The van der Waals surface area contributed by atoms with E-state index in [2.05, 4.69) is 34.4 Å². The van der Waals surface area contributed by atoms with Gasteiger partial charge in [0.1, 0.15) is 5.82 Å². The highest BCUT2D eigenvalue weighted by atomic mass is 16.2. The SMILES string of the molecule is CC(C)CN1CC[C@@H](CNC(=O)c2ccc(NCC(=O)N(C)C)nc2)C1. The number of likely N-dealkylation sites (N-methyl/N-ethyl adjacent to an activating group) is 1.